The lowest BCUT2D eigenvalue weighted by molar-refractivity contribution is -0.145. The second-order valence-electron chi connectivity index (χ2n) is 6.60. The van der Waals surface area contributed by atoms with Gasteiger partial charge in [0.15, 0.2) is 0 Å². The van der Waals surface area contributed by atoms with Gasteiger partial charge in [-0.25, -0.2) is 0 Å². The van der Waals surface area contributed by atoms with Crippen LogP contribution in [-0.4, -0.2) is 18.0 Å². The summed E-state index contributed by atoms with van der Waals surface area (Å²) >= 11 is 5.91. The standard InChI is InChI=1S/C16H13ClF3NO3/c17-9-2-1-7(16(18,19)20)5-10(9)21-14(22)12-6-3-8-11(4-6)24-15(23)13(8)12/h1-2,5-6,8,11-13H,3-4H2,(H,21,22)/t6-,8-,11+,12-,13-/m0/s1. The molecule has 8 heteroatoms. The first kappa shape index (κ1) is 15.7. The van der Waals surface area contributed by atoms with Crippen molar-refractivity contribution in [2.45, 2.75) is 25.1 Å². The number of anilines is 1. The lowest BCUT2D eigenvalue weighted by atomic mass is 9.79. The summed E-state index contributed by atoms with van der Waals surface area (Å²) < 4.78 is 43.7. The minimum absolute atomic E-state index is 0.0198. The molecule has 1 aromatic carbocycles. The predicted molar refractivity (Wildman–Crippen MR) is 78.2 cm³/mol. The third-order valence-electron chi connectivity index (χ3n) is 5.34. The molecule has 128 valence electrons. The van der Waals surface area contributed by atoms with Crippen molar-refractivity contribution in [3.63, 3.8) is 0 Å². The molecule has 3 aliphatic rings. The number of esters is 1. The van der Waals surface area contributed by atoms with E-state index < -0.39 is 29.5 Å². The summed E-state index contributed by atoms with van der Waals surface area (Å²) in [5.74, 6) is -1.81. The fourth-order valence-electron chi connectivity index (χ4n) is 4.38. The lowest BCUT2D eigenvalue weighted by Gasteiger charge is -2.24. The zero-order valence-electron chi connectivity index (χ0n) is 12.3. The molecule has 1 N–H and O–H groups in total. The van der Waals surface area contributed by atoms with Crippen LogP contribution in [0.5, 0.6) is 0 Å². The van der Waals surface area contributed by atoms with Gasteiger partial charge in [0, 0.05) is 5.92 Å². The van der Waals surface area contributed by atoms with E-state index in [2.05, 4.69) is 5.32 Å². The van der Waals surface area contributed by atoms with E-state index in [1.807, 2.05) is 0 Å². The van der Waals surface area contributed by atoms with E-state index in [1.54, 1.807) is 0 Å². The van der Waals surface area contributed by atoms with Crippen LogP contribution in [0, 0.1) is 23.7 Å². The molecule has 0 unspecified atom stereocenters. The van der Waals surface area contributed by atoms with E-state index in [-0.39, 0.29) is 34.6 Å². The van der Waals surface area contributed by atoms with Crippen LogP contribution >= 0.6 is 11.6 Å². The van der Waals surface area contributed by atoms with Gasteiger partial charge in [-0.15, -0.1) is 0 Å². The molecule has 2 aliphatic carbocycles. The van der Waals surface area contributed by atoms with Crippen LogP contribution in [0.4, 0.5) is 18.9 Å². The van der Waals surface area contributed by atoms with Gasteiger partial charge in [-0.3, -0.25) is 9.59 Å². The van der Waals surface area contributed by atoms with Crippen LogP contribution < -0.4 is 5.32 Å². The molecule has 1 saturated heterocycles. The smallest absolute Gasteiger partial charge is 0.416 e. The second-order valence-corrected chi connectivity index (χ2v) is 7.01. The summed E-state index contributed by atoms with van der Waals surface area (Å²) in [7, 11) is 0. The van der Waals surface area contributed by atoms with Crippen molar-refractivity contribution in [1.29, 1.82) is 0 Å². The SMILES string of the molecule is O=C(Nc1cc(C(F)(F)F)ccc1Cl)[C@H]1[C@H]2C[C@@H]3[C@@H]1C(=O)O[C@@H]3C2. The molecule has 3 fully saturated rings. The molecule has 2 saturated carbocycles. The molecule has 0 aromatic heterocycles. The van der Waals surface area contributed by atoms with E-state index in [1.165, 1.54) is 0 Å². The number of nitrogens with one attached hydrogen (secondary N) is 1. The maximum atomic E-state index is 12.8. The highest BCUT2D eigenvalue weighted by atomic mass is 35.5. The molecule has 4 nitrogen and oxygen atoms in total. The van der Waals surface area contributed by atoms with Gasteiger partial charge < -0.3 is 10.1 Å². The Morgan fingerprint density at radius 2 is 2.04 bits per heavy atom. The highest BCUT2D eigenvalue weighted by Gasteiger charge is 2.63. The third kappa shape index (κ3) is 2.29. The molecular formula is C16H13ClF3NO3. The molecule has 1 aromatic rings. The number of rotatable bonds is 2. The summed E-state index contributed by atoms with van der Waals surface area (Å²) in [5.41, 5.74) is -0.988. The van der Waals surface area contributed by atoms with Crippen molar-refractivity contribution < 1.29 is 27.5 Å². The van der Waals surface area contributed by atoms with Gasteiger partial charge in [0.25, 0.3) is 0 Å². The topological polar surface area (TPSA) is 55.4 Å². The summed E-state index contributed by atoms with van der Waals surface area (Å²) in [4.78, 5) is 24.5. The predicted octanol–water partition coefficient (Wildman–Crippen LogP) is 3.49. The average Bonchev–Trinajstić information content (AvgIpc) is 3.09. The first-order chi connectivity index (χ1) is 11.3. The Balaban J connectivity index is 1.58. The Kier molecular flexibility index (Phi) is 3.36. The van der Waals surface area contributed by atoms with Crippen molar-refractivity contribution in [1.82, 2.24) is 0 Å². The largest absolute Gasteiger partial charge is 0.462 e. The summed E-state index contributed by atoms with van der Waals surface area (Å²) in [6, 6.07) is 2.76. The van der Waals surface area contributed by atoms with Crippen LogP contribution in [0.15, 0.2) is 18.2 Å². The van der Waals surface area contributed by atoms with Crippen molar-refractivity contribution >= 4 is 29.2 Å². The monoisotopic (exact) mass is 359 g/mol. The number of ether oxygens (including phenoxy) is 1. The molecule has 1 amide bonds. The Morgan fingerprint density at radius 1 is 1.29 bits per heavy atom. The number of carbonyl (C=O) groups is 2. The first-order valence-corrected chi connectivity index (χ1v) is 8.01. The Morgan fingerprint density at radius 3 is 2.75 bits per heavy atom. The van der Waals surface area contributed by atoms with E-state index in [9.17, 15) is 22.8 Å². The Hall–Kier alpha value is -1.76. The van der Waals surface area contributed by atoms with Crippen LogP contribution in [0.3, 0.4) is 0 Å². The number of fused-ring (bicyclic) bond motifs is 1. The fraction of sp³-hybridized carbons (Fsp3) is 0.500. The minimum Gasteiger partial charge on any atom is -0.462 e. The molecule has 0 radical (unpaired) electrons. The van der Waals surface area contributed by atoms with Gasteiger partial charge in [0.2, 0.25) is 5.91 Å². The van der Waals surface area contributed by atoms with E-state index >= 15 is 0 Å². The maximum Gasteiger partial charge on any atom is 0.416 e. The van der Waals surface area contributed by atoms with Gasteiger partial charge in [0.1, 0.15) is 6.10 Å². The average molecular weight is 360 g/mol. The highest BCUT2D eigenvalue weighted by molar-refractivity contribution is 6.33. The van der Waals surface area contributed by atoms with Crippen LogP contribution in [-0.2, 0) is 20.5 Å². The number of alkyl halides is 3. The summed E-state index contributed by atoms with van der Waals surface area (Å²) in [5, 5.41) is 2.49. The first-order valence-electron chi connectivity index (χ1n) is 7.64. The van der Waals surface area contributed by atoms with Crippen LogP contribution in [0.25, 0.3) is 0 Å². The van der Waals surface area contributed by atoms with Gasteiger partial charge >= 0.3 is 12.1 Å². The molecule has 5 atom stereocenters. The quantitative estimate of drug-likeness (QED) is 0.822. The zero-order chi connectivity index (χ0) is 17.2. The molecule has 2 bridgehead atoms. The van der Waals surface area contributed by atoms with E-state index in [0.717, 1.165) is 24.6 Å². The molecular weight excluding hydrogens is 347 g/mol. The number of carbonyl (C=O) groups excluding carboxylic acids is 2. The van der Waals surface area contributed by atoms with Crippen molar-refractivity contribution in [3.8, 4) is 0 Å². The normalized spacial score (nSPS) is 33.7. The number of benzene rings is 1. The van der Waals surface area contributed by atoms with Gasteiger partial charge in [0.05, 0.1) is 28.1 Å². The zero-order valence-corrected chi connectivity index (χ0v) is 13.0. The van der Waals surface area contributed by atoms with Crippen molar-refractivity contribution in [2.24, 2.45) is 23.7 Å². The van der Waals surface area contributed by atoms with Crippen molar-refractivity contribution in [2.75, 3.05) is 5.32 Å². The van der Waals surface area contributed by atoms with E-state index in [4.69, 9.17) is 16.3 Å². The number of hydrogen-bond donors (Lipinski definition) is 1. The maximum absolute atomic E-state index is 12.8. The summed E-state index contributed by atoms with van der Waals surface area (Å²) in [6.07, 6.45) is -3.25. The molecule has 1 aliphatic heterocycles. The lowest BCUT2D eigenvalue weighted by Crippen LogP contribution is -2.36. The van der Waals surface area contributed by atoms with Gasteiger partial charge in [-0.2, -0.15) is 13.2 Å². The fourth-order valence-corrected chi connectivity index (χ4v) is 4.54. The number of halogens is 4. The molecule has 0 spiro atoms. The number of amides is 1. The molecule has 4 rings (SSSR count). The Labute approximate surface area is 140 Å². The molecule has 1 heterocycles. The minimum atomic E-state index is -4.53. The summed E-state index contributed by atoms with van der Waals surface area (Å²) in [6.45, 7) is 0. The van der Waals surface area contributed by atoms with Crippen molar-refractivity contribution in [3.05, 3.63) is 28.8 Å². The highest BCUT2D eigenvalue weighted by Crippen LogP contribution is 2.57. The Bertz CT molecular complexity index is 734. The van der Waals surface area contributed by atoms with Crippen LogP contribution in [0.2, 0.25) is 5.02 Å². The second kappa shape index (κ2) is 5.12. The van der Waals surface area contributed by atoms with Gasteiger partial charge in [-0.1, -0.05) is 11.6 Å². The van der Waals surface area contributed by atoms with E-state index in [0.29, 0.717) is 6.42 Å². The molecule has 24 heavy (non-hydrogen) atoms. The van der Waals surface area contributed by atoms with Crippen LogP contribution in [0.1, 0.15) is 18.4 Å². The third-order valence-corrected chi connectivity index (χ3v) is 5.67. The number of hydrogen-bond acceptors (Lipinski definition) is 3. The van der Waals surface area contributed by atoms with Gasteiger partial charge in [-0.05, 0) is 37.0 Å².